The van der Waals surface area contributed by atoms with Crippen LogP contribution in [0.1, 0.15) is 65.7 Å². The van der Waals surface area contributed by atoms with Crippen molar-refractivity contribution < 1.29 is 18.0 Å². The minimum Gasteiger partial charge on any atom is -0.321 e. The molecule has 1 amide bonds. The Morgan fingerprint density at radius 3 is 2.59 bits per heavy atom. The molecule has 2 aromatic rings. The Kier molecular flexibility index (Phi) is 5.19. The van der Waals surface area contributed by atoms with Crippen molar-refractivity contribution in [2.24, 2.45) is 0 Å². The minimum absolute atomic E-state index is 0.0517. The molecule has 0 unspecified atom stereocenters. The lowest BCUT2D eigenvalue weighted by molar-refractivity contribution is 0.100. The molecule has 0 spiro atoms. The Hall–Kier alpha value is -2.48. The van der Waals surface area contributed by atoms with E-state index >= 15 is 0 Å². The van der Waals surface area contributed by atoms with E-state index in [4.69, 9.17) is 0 Å². The fourth-order valence-corrected chi connectivity index (χ4v) is 4.91. The Bertz CT molecular complexity index is 992. The predicted octanol–water partition coefficient (Wildman–Crippen LogP) is 2.82. The van der Waals surface area contributed by atoms with E-state index in [-0.39, 0.29) is 34.9 Å². The number of carbonyl (C=O) groups excluding carboxylic acids is 2. The van der Waals surface area contributed by atoms with Gasteiger partial charge >= 0.3 is 0 Å². The summed E-state index contributed by atoms with van der Waals surface area (Å²) < 4.78 is 25.3. The molecule has 0 bridgehead atoms. The summed E-state index contributed by atoms with van der Waals surface area (Å²) in [6, 6.07) is 8.17. The van der Waals surface area contributed by atoms with Crippen LogP contribution < -0.4 is 5.32 Å². The van der Waals surface area contributed by atoms with Gasteiger partial charge in [-0.25, -0.2) is 8.42 Å². The van der Waals surface area contributed by atoms with Crippen LogP contribution in [0.15, 0.2) is 30.3 Å². The van der Waals surface area contributed by atoms with Crippen molar-refractivity contribution in [3.05, 3.63) is 47.3 Å². The van der Waals surface area contributed by atoms with Gasteiger partial charge in [0.05, 0.1) is 17.5 Å². The normalized spacial score (nSPS) is 18.6. The molecule has 3 rings (SSSR count). The second-order valence-electron chi connectivity index (χ2n) is 7.20. The maximum atomic E-state index is 12.6. The van der Waals surface area contributed by atoms with Gasteiger partial charge in [0, 0.05) is 16.9 Å². The van der Waals surface area contributed by atoms with Crippen molar-refractivity contribution in [1.82, 2.24) is 9.78 Å². The van der Waals surface area contributed by atoms with Crippen LogP contribution in [0, 0.1) is 0 Å². The van der Waals surface area contributed by atoms with Crippen LogP contribution in [0.4, 0.5) is 5.69 Å². The first-order valence-corrected chi connectivity index (χ1v) is 10.7. The molecule has 144 valence electrons. The monoisotopic (exact) mass is 389 g/mol. The van der Waals surface area contributed by atoms with Gasteiger partial charge < -0.3 is 5.32 Å². The van der Waals surface area contributed by atoms with Crippen LogP contribution in [0.2, 0.25) is 0 Å². The van der Waals surface area contributed by atoms with Crippen molar-refractivity contribution in [3.8, 4) is 0 Å². The second-order valence-corrected chi connectivity index (χ2v) is 9.43. The van der Waals surface area contributed by atoms with Gasteiger partial charge in [-0.1, -0.05) is 26.0 Å². The summed E-state index contributed by atoms with van der Waals surface area (Å²) in [5, 5.41) is 7.16. The topological polar surface area (TPSA) is 98.1 Å². The molecule has 0 aliphatic carbocycles. The summed E-state index contributed by atoms with van der Waals surface area (Å²) >= 11 is 0. The average molecular weight is 389 g/mol. The second kappa shape index (κ2) is 7.26. The molecule has 1 aliphatic rings. The van der Waals surface area contributed by atoms with Crippen molar-refractivity contribution in [2.75, 3.05) is 16.8 Å². The van der Waals surface area contributed by atoms with Crippen LogP contribution in [-0.2, 0) is 9.84 Å². The van der Waals surface area contributed by atoms with E-state index in [0.29, 0.717) is 17.7 Å². The van der Waals surface area contributed by atoms with E-state index < -0.39 is 15.7 Å². The van der Waals surface area contributed by atoms with Gasteiger partial charge in [0.25, 0.3) is 5.91 Å². The molecule has 2 heterocycles. The molecular formula is C19H23N3O4S. The fourth-order valence-electron chi connectivity index (χ4n) is 3.22. The number of amides is 1. The first kappa shape index (κ1) is 19.3. The molecule has 0 saturated carbocycles. The standard InChI is InChI=1S/C19H23N3O4S/c1-12(2)18-10-17(21-22(18)16-7-8-27(25,26)11-16)19(24)20-15-6-4-5-14(9-15)13(3)23/h4-6,9-10,12,16H,7-8,11H2,1-3H3,(H,20,24)/t16-/m0/s1. The molecule has 1 N–H and O–H groups in total. The van der Waals surface area contributed by atoms with Crippen LogP contribution in [0.25, 0.3) is 0 Å². The van der Waals surface area contributed by atoms with Crippen molar-refractivity contribution in [2.45, 2.75) is 39.2 Å². The van der Waals surface area contributed by atoms with E-state index in [1.165, 1.54) is 6.92 Å². The van der Waals surface area contributed by atoms with E-state index in [9.17, 15) is 18.0 Å². The Morgan fingerprint density at radius 1 is 1.26 bits per heavy atom. The molecule has 1 atom stereocenters. The van der Waals surface area contributed by atoms with Crippen LogP contribution >= 0.6 is 0 Å². The molecule has 27 heavy (non-hydrogen) atoms. The number of ketones is 1. The molecule has 1 aliphatic heterocycles. The van der Waals surface area contributed by atoms with Gasteiger partial charge in [-0.2, -0.15) is 5.10 Å². The quantitative estimate of drug-likeness (QED) is 0.793. The smallest absolute Gasteiger partial charge is 0.276 e. The molecule has 7 nitrogen and oxygen atoms in total. The highest BCUT2D eigenvalue weighted by molar-refractivity contribution is 7.91. The van der Waals surface area contributed by atoms with E-state index in [1.54, 1.807) is 35.0 Å². The maximum absolute atomic E-state index is 12.6. The number of sulfone groups is 1. The van der Waals surface area contributed by atoms with E-state index in [2.05, 4.69) is 10.4 Å². The van der Waals surface area contributed by atoms with Crippen molar-refractivity contribution in [3.63, 3.8) is 0 Å². The molecule has 8 heteroatoms. The summed E-state index contributed by atoms with van der Waals surface area (Å²) in [5.41, 5.74) is 2.09. The fraction of sp³-hybridized carbons (Fsp3) is 0.421. The van der Waals surface area contributed by atoms with E-state index in [1.807, 2.05) is 13.8 Å². The molecule has 1 aromatic heterocycles. The third-order valence-corrected chi connectivity index (χ3v) is 6.42. The molecule has 1 saturated heterocycles. The molecule has 1 aromatic carbocycles. The number of hydrogen-bond acceptors (Lipinski definition) is 5. The predicted molar refractivity (Wildman–Crippen MR) is 103 cm³/mol. The van der Waals surface area contributed by atoms with Gasteiger partial charge in [0.1, 0.15) is 0 Å². The zero-order chi connectivity index (χ0) is 19.8. The van der Waals surface area contributed by atoms with Gasteiger partial charge in [0.15, 0.2) is 21.3 Å². The summed E-state index contributed by atoms with van der Waals surface area (Å²) in [6.07, 6.45) is 0.505. The van der Waals surface area contributed by atoms with Gasteiger partial charge in [-0.05, 0) is 37.5 Å². The minimum atomic E-state index is -3.05. The number of rotatable bonds is 5. The maximum Gasteiger partial charge on any atom is 0.276 e. The number of nitrogens with zero attached hydrogens (tertiary/aromatic N) is 2. The first-order chi connectivity index (χ1) is 12.7. The number of anilines is 1. The first-order valence-electron chi connectivity index (χ1n) is 8.88. The zero-order valence-electron chi connectivity index (χ0n) is 15.6. The molecule has 0 radical (unpaired) electrons. The largest absolute Gasteiger partial charge is 0.321 e. The lowest BCUT2D eigenvalue weighted by atomic mass is 10.1. The third kappa shape index (κ3) is 4.27. The summed E-state index contributed by atoms with van der Waals surface area (Å²) in [4.78, 5) is 24.1. The molecular weight excluding hydrogens is 366 g/mol. The highest BCUT2D eigenvalue weighted by Crippen LogP contribution is 2.28. The number of aromatic nitrogens is 2. The highest BCUT2D eigenvalue weighted by Gasteiger charge is 2.32. The molecule has 1 fully saturated rings. The number of benzene rings is 1. The average Bonchev–Trinajstić information content (AvgIpc) is 3.18. The van der Waals surface area contributed by atoms with Crippen LogP contribution in [-0.4, -0.2) is 41.4 Å². The summed E-state index contributed by atoms with van der Waals surface area (Å²) in [7, 11) is -3.05. The lowest BCUT2D eigenvalue weighted by Crippen LogP contribution is -2.17. The lowest BCUT2D eigenvalue weighted by Gasteiger charge is -2.15. The number of hydrogen-bond donors (Lipinski definition) is 1. The highest BCUT2D eigenvalue weighted by atomic mass is 32.2. The summed E-state index contributed by atoms with van der Waals surface area (Å²) in [5.74, 6) is -0.176. The summed E-state index contributed by atoms with van der Waals surface area (Å²) in [6.45, 7) is 5.43. The number of carbonyl (C=O) groups is 2. The zero-order valence-corrected chi connectivity index (χ0v) is 16.4. The Balaban J connectivity index is 1.86. The number of Topliss-reactive ketones (excluding diaryl/α,β-unsaturated/α-hetero) is 1. The van der Waals surface area contributed by atoms with E-state index in [0.717, 1.165) is 5.69 Å². The van der Waals surface area contributed by atoms with Crippen LogP contribution in [0.5, 0.6) is 0 Å². The van der Waals surface area contributed by atoms with Crippen molar-refractivity contribution >= 4 is 27.2 Å². The third-order valence-electron chi connectivity index (χ3n) is 4.67. The van der Waals surface area contributed by atoms with Crippen LogP contribution in [0.3, 0.4) is 0 Å². The van der Waals surface area contributed by atoms with Gasteiger partial charge in [0.2, 0.25) is 0 Å². The number of nitrogens with one attached hydrogen (secondary N) is 1. The SMILES string of the molecule is CC(=O)c1cccc(NC(=O)c2cc(C(C)C)n([C@H]3CCS(=O)(=O)C3)n2)c1. The van der Waals surface area contributed by atoms with Crippen molar-refractivity contribution in [1.29, 1.82) is 0 Å². The Morgan fingerprint density at radius 2 is 2.00 bits per heavy atom. The van der Waals surface area contributed by atoms with Gasteiger partial charge in [-0.15, -0.1) is 0 Å². The Labute approximate surface area is 158 Å². The van der Waals surface area contributed by atoms with Gasteiger partial charge in [-0.3, -0.25) is 14.3 Å².